The summed E-state index contributed by atoms with van der Waals surface area (Å²) in [5.74, 6) is -1.30. The highest BCUT2D eigenvalue weighted by molar-refractivity contribution is 7.92. The van der Waals surface area contributed by atoms with Gasteiger partial charge in [0.15, 0.2) is 9.84 Å². The molecule has 1 rings (SSSR count). The first-order valence-corrected chi connectivity index (χ1v) is 8.35. The molecule has 3 nitrogen and oxygen atoms in total. The van der Waals surface area contributed by atoms with E-state index in [4.69, 9.17) is 0 Å². The molecule has 0 aromatic heterocycles. The largest absolute Gasteiger partial charge is 0.312 e. The second kappa shape index (κ2) is 6.18. The standard InChI is InChI=1S/C14H21F2NO2S/c1-5-17-13(14(2,3)20(4,18)19)8-10-6-7-11(15)9-12(10)16/h6-7,9,13,17H,5,8H2,1-4H3. The second-order valence-electron chi connectivity index (χ2n) is 5.43. The highest BCUT2D eigenvalue weighted by Gasteiger charge is 2.38. The van der Waals surface area contributed by atoms with Crippen molar-refractivity contribution in [2.45, 2.75) is 38.0 Å². The monoisotopic (exact) mass is 305 g/mol. The molecular weight excluding hydrogens is 284 g/mol. The number of rotatable bonds is 6. The number of halogens is 2. The molecule has 114 valence electrons. The van der Waals surface area contributed by atoms with Crippen LogP contribution in [0.5, 0.6) is 0 Å². The number of sulfone groups is 1. The Hall–Kier alpha value is -1.01. The van der Waals surface area contributed by atoms with Gasteiger partial charge in [-0.3, -0.25) is 0 Å². The summed E-state index contributed by atoms with van der Waals surface area (Å²) in [6.45, 7) is 5.63. The van der Waals surface area contributed by atoms with Crippen LogP contribution >= 0.6 is 0 Å². The molecule has 0 saturated heterocycles. The molecule has 0 heterocycles. The highest BCUT2D eigenvalue weighted by atomic mass is 32.2. The molecule has 0 aliphatic carbocycles. The smallest absolute Gasteiger partial charge is 0.154 e. The van der Waals surface area contributed by atoms with E-state index < -0.39 is 32.3 Å². The van der Waals surface area contributed by atoms with E-state index in [-0.39, 0.29) is 6.42 Å². The minimum absolute atomic E-state index is 0.181. The Labute approximate surface area is 119 Å². The Morgan fingerprint density at radius 2 is 1.90 bits per heavy atom. The maximum absolute atomic E-state index is 13.7. The molecule has 1 unspecified atom stereocenters. The van der Waals surface area contributed by atoms with Crippen LogP contribution in [0.25, 0.3) is 0 Å². The van der Waals surface area contributed by atoms with Gasteiger partial charge in [-0.15, -0.1) is 0 Å². The van der Waals surface area contributed by atoms with E-state index in [9.17, 15) is 17.2 Å². The minimum Gasteiger partial charge on any atom is -0.312 e. The zero-order chi connectivity index (χ0) is 15.6. The topological polar surface area (TPSA) is 46.2 Å². The van der Waals surface area contributed by atoms with E-state index >= 15 is 0 Å². The summed E-state index contributed by atoms with van der Waals surface area (Å²) in [7, 11) is -3.32. The summed E-state index contributed by atoms with van der Waals surface area (Å²) < 4.78 is 49.4. The van der Waals surface area contributed by atoms with Crippen molar-refractivity contribution in [3.63, 3.8) is 0 Å². The molecular formula is C14H21F2NO2S. The molecule has 0 spiro atoms. The summed E-state index contributed by atoms with van der Waals surface area (Å²) in [5.41, 5.74) is 0.300. The molecule has 1 N–H and O–H groups in total. The molecule has 0 aliphatic heterocycles. The lowest BCUT2D eigenvalue weighted by molar-refractivity contribution is 0.408. The van der Waals surface area contributed by atoms with E-state index in [0.717, 1.165) is 6.07 Å². The minimum atomic E-state index is -3.32. The van der Waals surface area contributed by atoms with E-state index in [1.807, 2.05) is 6.92 Å². The Bertz CT molecular complexity index is 571. The third-order valence-corrected chi connectivity index (χ3v) is 5.88. The predicted molar refractivity (Wildman–Crippen MR) is 76.4 cm³/mol. The lowest BCUT2D eigenvalue weighted by Crippen LogP contribution is -2.52. The molecule has 1 aromatic carbocycles. The fourth-order valence-electron chi connectivity index (χ4n) is 1.98. The highest BCUT2D eigenvalue weighted by Crippen LogP contribution is 2.24. The Balaban J connectivity index is 3.10. The van der Waals surface area contributed by atoms with Crippen LogP contribution in [-0.2, 0) is 16.3 Å². The van der Waals surface area contributed by atoms with Crippen molar-refractivity contribution < 1.29 is 17.2 Å². The van der Waals surface area contributed by atoms with Crippen LogP contribution in [0.4, 0.5) is 8.78 Å². The Morgan fingerprint density at radius 3 is 2.35 bits per heavy atom. The second-order valence-corrected chi connectivity index (χ2v) is 8.02. The lowest BCUT2D eigenvalue weighted by atomic mass is 9.95. The molecule has 20 heavy (non-hydrogen) atoms. The molecule has 0 fully saturated rings. The van der Waals surface area contributed by atoms with Gasteiger partial charge in [0, 0.05) is 18.4 Å². The third kappa shape index (κ3) is 3.76. The number of hydrogen-bond donors (Lipinski definition) is 1. The van der Waals surface area contributed by atoms with Crippen LogP contribution in [0.15, 0.2) is 18.2 Å². The number of benzene rings is 1. The van der Waals surface area contributed by atoms with Gasteiger partial charge in [0.1, 0.15) is 11.6 Å². The van der Waals surface area contributed by atoms with Crippen LogP contribution in [0.3, 0.4) is 0 Å². The normalized spacial score (nSPS) is 14.3. The summed E-state index contributed by atoms with van der Waals surface area (Å²) in [6.07, 6.45) is 1.35. The van der Waals surface area contributed by atoms with E-state index in [0.29, 0.717) is 12.1 Å². The summed E-state index contributed by atoms with van der Waals surface area (Å²) in [6, 6.07) is 2.89. The van der Waals surface area contributed by atoms with Gasteiger partial charge in [-0.1, -0.05) is 13.0 Å². The van der Waals surface area contributed by atoms with Crippen molar-refractivity contribution in [2.75, 3.05) is 12.8 Å². The van der Waals surface area contributed by atoms with Crippen LogP contribution in [0.2, 0.25) is 0 Å². The quantitative estimate of drug-likeness (QED) is 0.877. The molecule has 0 amide bonds. The predicted octanol–water partition coefficient (Wildman–Crippen LogP) is 2.31. The molecule has 0 saturated carbocycles. The molecule has 6 heteroatoms. The van der Waals surface area contributed by atoms with Crippen molar-refractivity contribution in [1.29, 1.82) is 0 Å². The fraction of sp³-hybridized carbons (Fsp3) is 0.571. The van der Waals surface area contributed by atoms with Gasteiger partial charge in [-0.05, 0) is 38.4 Å². The van der Waals surface area contributed by atoms with E-state index in [1.165, 1.54) is 18.4 Å². The molecule has 0 bridgehead atoms. The van der Waals surface area contributed by atoms with E-state index in [1.54, 1.807) is 13.8 Å². The van der Waals surface area contributed by atoms with Gasteiger partial charge in [0.2, 0.25) is 0 Å². The fourth-order valence-corrected chi connectivity index (χ4v) is 2.66. The molecule has 0 radical (unpaired) electrons. The number of hydrogen-bond acceptors (Lipinski definition) is 3. The maximum atomic E-state index is 13.7. The van der Waals surface area contributed by atoms with Gasteiger partial charge in [-0.2, -0.15) is 0 Å². The SMILES string of the molecule is CCNC(Cc1ccc(F)cc1F)C(C)(C)S(C)(=O)=O. The van der Waals surface area contributed by atoms with Gasteiger partial charge < -0.3 is 5.32 Å². The maximum Gasteiger partial charge on any atom is 0.154 e. The van der Waals surface area contributed by atoms with Gasteiger partial charge in [0.25, 0.3) is 0 Å². The summed E-state index contributed by atoms with van der Waals surface area (Å²) in [4.78, 5) is 0. The van der Waals surface area contributed by atoms with Crippen LogP contribution in [-0.4, -0.2) is 32.0 Å². The molecule has 1 atom stereocenters. The zero-order valence-corrected chi connectivity index (χ0v) is 13.0. The third-order valence-electron chi connectivity index (χ3n) is 3.68. The van der Waals surface area contributed by atoms with Crippen LogP contribution < -0.4 is 5.32 Å². The molecule has 1 aromatic rings. The Morgan fingerprint density at radius 1 is 1.30 bits per heavy atom. The van der Waals surface area contributed by atoms with Gasteiger partial charge in [-0.25, -0.2) is 17.2 Å². The number of nitrogens with one attached hydrogen (secondary N) is 1. The Kier molecular flexibility index (Phi) is 5.27. The van der Waals surface area contributed by atoms with Gasteiger partial charge in [0.05, 0.1) is 4.75 Å². The van der Waals surface area contributed by atoms with Crippen molar-refractivity contribution in [3.8, 4) is 0 Å². The average molecular weight is 305 g/mol. The van der Waals surface area contributed by atoms with E-state index in [2.05, 4.69) is 5.32 Å². The van der Waals surface area contributed by atoms with Crippen molar-refractivity contribution >= 4 is 9.84 Å². The average Bonchev–Trinajstić information content (AvgIpc) is 2.30. The van der Waals surface area contributed by atoms with Crippen molar-refractivity contribution in [3.05, 3.63) is 35.4 Å². The van der Waals surface area contributed by atoms with Gasteiger partial charge >= 0.3 is 0 Å². The molecule has 0 aliphatic rings. The lowest BCUT2D eigenvalue weighted by Gasteiger charge is -2.33. The summed E-state index contributed by atoms with van der Waals surface area (Å²) >= 11 is 0. The first-order chi connectivity index (χ1) is 9.09. The van der Waals surface area contributed by atoms with Crippen LogP contribution in [0, 0.1) is 11.6 Å². The van der Waals surface area contributed by atoms with Crippen molar-refractivity contribution in [2.24, 2.45) is 0 Å². The first kappa shape index (κ1) is 17.0. The summed E-state index contributed by atoms with van der Waals surface area (Å²) in [5, 5.41) is 3.08. The van der Waals surface area contributed by atoms with Crippen molar-refractivity contribution in [1.82, 2.24) is 5.32 Å². The first-order valence-electron chi connectivity index (χ1n) is 6.46. The zero-order valence-electron chi connectivity index (χ0n) is 12.2. The van der Waals surface area contributed by atoms with Crippen LogP contribution in [0.1, 0.15) is 26.3 Å². The number of likely N-dealkylation sites (N-methyl/N-ethyl adjacent to an activating group) is 1.